The maximum atomic E-state index is 13.3. The van der Waals surface area contributed by atoms with Crippen molar-refractivity contribution in [2.24, 2.45) is 5.73 Å². The molecule has 0 saturated heterocycles. The molecule has 1 aliphatic heterocycles. The monoisotopic (exact) mass is 406 g/mol. The van der Waals surface area contributed by atoms with Crippen molar-refractivity contribution in [2.45, 2.75) is 23.2 Å². The van der Waals surface area contributed by atoms with Crippen LogP contribution in [0.2, 0.25) is 0 Å². The number of carbonyl (C=O) groups is 1. The Balaban J connectivity index is 1.87. The quantitative estimate of drug-likeness (QED) is 0.675. The average Bonchev–Trinajstić information content (AvgIpc) is 3.35. The number of nitriles is 1. The number of amides is 1. The third kappa shape index (κ3) is 3.24. The number of rotatable bonds is 4. The molecular formula is C21H18N4O3S. The van der Waals surface area contributed by atoms with E-state index in [2.05, 4.69) is 16.4 Å². The third-order valence-electron chi connectivity index (χ3n) is 4.76. The van der Waals surface area contributed by atoms with E-state index in [1.54, 1.807) is 38.3 Å². The van der Waals surface area contributed by atoms with Gasteiger partial charge in [-0.05, 0) is 31.2 Å². The van der Waals surface area contributed by atoms with Crippen LogP contribution in [0.15, 0.2) is 52.1 Å². The largest absolute Gasteiger partial charge is 0.495 e. The van der Waals surface area contributed by atoms with Gasteiger partial charge in [0.2, 0.25) is 0 Å². The number of anilines is 1. The summed E-state index contributed by atoms with van der Waals surface area (Å²) in [7, 11) is 1.54. The van der Waals surface area contributed by atoms with E-state index in [0.717, 1.165) is 0 Å². The number of aromatic nitrogens is 1. The lowest BCUT2D eigenvalue weighted by Gasteiger charge is -2.17. The maximum Gasteiger partial charge on any atom is 0.258 e. The SMILES string of the molecule is COc1ccccc1NC(=O)c1c(C)nc2c(c1-c1ccco1)[C@H](N)[C@H](C#N)S2. The number of aryl methyl sites for hydroxylation is 1. The predicted octanol–water partition coefficient (Wildman–Crippen LogP) is 3.91. The van der Waals surface area contributed by atoms with Gasteiger partial charge in [-0.15, -0.1) is 0 Å². The van der Waals surface area contributed by atoms with E-state index in [1.807, 2.05) is 12.1 Å². The molecule has 1 amide bonds. The number of benzene rings is 1. The fraction of sp³-hybridized carbons (Fsp3) is 0.190. The number of furan rings is 1. The number of thioether (sulfide) groups is 1. The van der Waals surface area contributed by atoms with Gasteiger partial charge in [0.05, 0.1) is 42.4 Å². The number of pyridine rings is 1. The number of nitrogens with one attached hydrogen (secondary N) is 1. The molecule has 3 heterocycles. The molecule has 1 aromatic carbocycles. The van der Waals surface area contributed by atoms with Crippen molar-refractivity contribution in [3.8, 4) is 23.1 Å². The molecule has 1 aliphatic rings. The molecular weight excluding hydrogens is 388 g/mol. The van der Waals surface area contributed by atoms with E-state index in [4.69, 9.17) is 14.9 Å². The molecule has 2 aromatic heterocycles. The van der Waals surface area contributed by atoms with Gasteiger partial charge in [0.1, 0.15) is 21.8 Å². The van der Waals surface area contributed by atoms with E-state index in [9.17, 15) is 10.1 Å². The number of nitrogens with zero attached hydrogens (tertiary/aromatic N) is 2. The Kier molecular flexibility index (Phi) is 5.01. The average molecular weight is 406 g/mol. The van der Waals surface area contributed by atoms with Crippen LogP contribution in [-0.2, 0) is 0 Å². The zero-order valence-electron chi connectivity index (χ0n) is 15.8. The number of hydrogen-bond acceptors (Lipinski definition) is 7. The molecule has 0 unspecified atom stereocenters. The van der Waals surface area contributed by atoms with Crippen LogP contribution in [0.3, 0.4) is 0 Å². The van der Waals surface area contributed by atoms with E-state index < -0.39 is 11.3 Å². The van der Waals surface area contributed by atoms with Crippen LogP contribution in [0.25, 0.3) is 11.3 Å². The van der Waals surface area contributed by atoms with Crippen molar-refractivity contribution in [1.82, 2.24) is 4.98 Å². The number of para-hydroxylation sites is 2. The Hall–Kier alpha value is -3.28. The van der Waals surface area contributed by atoms with Crippen LogP contribution in [0, 0.1) is 18.3 Å². The minimum atomic E-state index is -0.578. The Bertz CT molecular complexity index is 1120. The summed E-state index contributed by atoms with van der Waals surface area (Å²) < 4.78 is 10.9. The highest BCUT2D eigenvalue weighted by molar-refractivity contribution is 8.00. The molecule has 7 nitrogen and oxygen atoms in total. The summed E-state index contributed by atoms with van der Waals surface area (Å²) in [6.07, 6.45) is 1.54. The Morgan fingerprint density at radius 1 is 1.34 bits per heavy atom. The molecule has 0 fully saturated rings. The summed E-state index contributed by atoms with van der Waals surface area (Å²) in [4.78, 5) is 17.9. The van der Waals surface area contributed by atoms with E-state index in [1.165, 1.54) is 18.0 Å². The number of fused-ring (bicyclic) bond motifs is 1. The van der Waals surface area contributed by atoms with Crippen LogP contribution in [0.4, 0.5) is 5.69 Å². The van der Waals surface area contributed by atoms with Crippen molar-refractivity contribution in [3.05, 3.63) is 59.5 Å². The lowest BCUT2D eigenvalue weighted by atomic mass is 9.93. The minimum Gasteiger partial charge on any atom is -0.495 e. The van der Waals surface area contributed by atoms with E-state index in [0.29, 0.717) is 44.6 Å². The normalized spacial score (nSPS) is 17.4. The molecule has 3 N–H and O–H groups in total. The lowest BCUT2D eigenvalue weighted by molar-refractivity contribution is 0.102. The minimum absolute atomic E-state index is 0.355. The van der Waals surface area contributed by atoms with Crippen LogP contribution in [-0.4, -0.2) is 23.3 Å². The molecule has 3 aromatic rings. The molecule has 29 heavy (non-hydrogen) atoms. The Labute approximate surface area is 171 Å². The summed E-state index contributed by atoms with van der Waals surface area (Å²) >= 11 is 1.31. The van der Waals surface area contributed by atoms with Crippen molar-refractivity contribution < 1.29 is 13.9 Å². The Morgan fingerprint density at radius 2 is 2.14 bits per heavy atom. The van der Waals surface area contributed by atoms with Gasteiger partial charge in [0.25, 0.3) is 5.91 Å². The molecule has 0 bridgehead atoms. The van der Waals surface area contributed by atoms with Gasteiger partial charge in [-0.25, -0.2) is 4.98 Å². The first kappa shape index (κ1) is 19.1. The fourth-order valence-corrected chi connectivity index (χ4v) is 4.56. The molecule has 0 spiro atoms. The molecule has 8 heteroatoms. The summed E-state index contributed by atoms with van der Waals surface area (Å²) in [5.41, 5.74) is 9.01. The standard InChI is InChI=1S/C21H18N4O3S/c1-11-16(20(26)25-12-6-3-4-7-13(12)27-2)17(14-8-5-9-28-14)18-19(23)15(10-22)29-21(18)24-11/h3-9,15,19H,23H2,1-2H3,(H,25,26)/t15-,19+/m0/s1. The zero-order valence-corrected chi connectivity index (χ0v) is 16.6. The van der Waals surface area contributed by atoms with Gasteiger partial charge in [0, 0.05) is 11.1 Å². The van der Waals surface area contributed by atoms with Gasteiger partial charge in [-0.2, -0.15) is 5.26 Å². The summed E-state index contributed by atoms with van der Waals surface area (Å²) in [5.74, 6) is 0.696. The highest BCUT2D eigenvalue weighted by Crippen LogP contribution is 2.48. The summed E-state index contributed by atoms with van der Waals surface area (Å²) in [6.45, 7) is 1.76. The first-order valence-corrected chi connectivity index (χ1v) is 9.77. The number of ether oxygens (including phenoxy) is 1. The molecule has 2 atom stereocenters. The second-order valence-electron chi connectivity index (χ2n) is 6.49. The first-order chi connectivity index (χ1) is 14.0. The van der Waals surface area contributed by atoms with E-state index in [-0.39, 0.29) is 5.91 Å². The molecule has 0 saturated carbocycles. The summed E-state index contributed by atoms with van der Waals surface area (Å²) in [6, 6.07) is 12.3. The highest BCUT2D eigenvalue weighted by atomic mass is 32.2. The zero-order chi connectivity index (χ0) is 20.5. The maximum absolute atomic E-state index is 13.3. The van der Waals surface area contributed by atoms with Gasteiger partial charge in [-0.1, -0.05) is 23.9 Å². The van der Waals surface area contributed by atoms with Crippen molar-refractivity contribution in [3.63, 3.8) is 0 Å². The van der Waals surface area contributed by atoms with E-state index >= 15 is 0 Å². The molecule has 146 valence electrons. The third-order valence-corrected chi connectivity index (χ3v) is 5.94. The van der Waals surface area contributed by atoms with Crippen molar-refractivity contribution >= 4 is 23.4 Å². The van der Waals surface area contributed by atoms with Crippen LogP contribution in [0.5, 0.6) is 5.75 Å². The molecule has 0 aliphatic carbocycles. The highest BCUT2D eigenvalue weighted by Gasteiger charge is 2.38. The smallest absolute Gasteiger partial charge is 0.258 e. The topological polar surface area (TPSA) is 114 Å². The van der Waals surface area contributed by atoms with Crippen LogP contribution < -0.4 is 15.8 Å². The second kappa shape index (κ2) is 7.62. The number of hydrogen-bond donors (Lipinski definition) is 2. The van der Waals surface area contributed by atoms with Crippen LogP contribution in [0.1, 0.15) is 27.7 Å². The Morgan fingerprint density at radius 3 is 2.83 bits per heavy atom. The van der Waals surface area contributed by atoms with Gasteiger partial charge >= 0.3 is 0 Å². The van der Waals surface area contributed by atoms with Gasteiger partial charge < -0.3 is 20.2 Å². The second-order valence-corrected chi connectivity index (χ2v) is 7.62. The number of methoxy groups -OCH3 is 1. The number of nitrogens with two attached hydrogens (primary N) is 1. The molecule has 0 radical (unpaired) electrons. The van der Waals surface area contributed by atoms with Gasteiger partial charge in [-0.3, -0.25) is 4.79 Å². The summed E-state index contributed by atoms with van der Waals surface area (Å²) in [5, 5.41) is 12.5. The van der Waals surface area contributed by atoms with Crippen molar-refractivity contribution in [2.75, 3.05) is 12.4 Å². The van der Waals surface area contributed by atoms with Gasteiger partial charge in [0.15, 0.2) is 0 Å². The van der Waals surface area contributed by atoms with Crippen molar-refractivity contribution in [1.29, 1.82) is 5.26 Å². The lowest BCUT2D eigenvalue weighted by Crippen LogP contribution is -2.21. The molecule has 4 rings (SSSR count). The first-order valence-electron chi connectivity index (χ1n) is 8.89. The van der Waals surface area contributed by atoms with Crippen LogP contribution >= 0.6 is 11.8 Å². The fourth-order valence-electron chi connectivity index (χ4n) is 3.43. The predicted molar refractivity (Wildman–Crippen MR) is 110 cm³/mol. The number of carbonyl (C=O) groups excluding carboxylic acids is 1.